The van der Waals surface area contributed by atoms with Gasteiger partial charge in [-0.2, -0.15) is 0 Å². The normalized spacial score (nSPS) is 11.1. The molecular formula is C24H29ClN2O4. The largest absolute Gasteiger partial charge is 0.493 e. The van der Waals surface area contributed by atoms with Crippen molar-refractivity contribution in [2.75, 3.05) is 12.4 Å². The van der Waals surface area contributed by atoms with Crippen LogP contribution >= 0.6 is 11.6 Å². The van der Waals surface area contributed by atoms with Crippen LogP contribution in [0.2, 0.25) is 5.02 Å². The van der Waals surface area contributed by atoms with Crippen LogP contribution in [-0.2, 0) is 16.1 Å². The first-order chi connectivity index (χ1) is 14.7. The van der Waals surface area contributed by atoms with Crippen molar-refractivity contribution in [1.82, 2.24) is 5.32 Å². The Labute approximate surface area is 188 Å². The summed E-state index contributed by atoms with van der Waals surface area (Å²) in [5, 5.41) is 6.08. The van der Waals surface area contributed by atoms with E-state index in [-0.39, 0.29) is 23.8 Å². The zero-order chi connectivity index (χ0) is 23.0. The molecule has 0 saturated heterocycles. The highest BCUT2D eigenvalue weighted by atomic mass is 35.5. The molecule has 0 spiro atoms. The molecule has 2 aromatic rings. The Morgan fingerprint density at radius 1 is 1.13 bits per heavy atom. The number of ether oxygens (including phenoxy) is 2. The van der Waals surface area contributed by atoms with Crippen LogP contribution in [0.15, 0.2) is 42.5 Å². The lowest BCUT2D eigenvalue weighted by atomic mass is 10.1. The van der Waals surface area contributed by atoms with Crippen LogP contribution in [0, 0.1) is 5.92 Å². The Kier molecular flexibility index (Phi) is 8.94. The summed E-state index contributed by atoms with van der Waals surface area (Å²) in [7, 11) is 1.54. The third-order valence-electron chi connectivity index (χ3n) is 4.22. The third kappa shape index (κ3) is 7.64. The summed E-state index contributed by atoms with van der Waals surface area (Å²) in [5.41, 5.74) is 2.29. The molecule has 0 bridgehead atoms. The minimum absolute atomic E-state index is 0.0456. The van der Waals surface area contributed by atoms with Gasteiger partial charge in [0.1, 0.15) is 0 Å². The van der Waals surface area contributed by atoms with Crippen LogP contribution in [0.4, 0.5) is 5.69 Å². The molecule has 0 unspecified atom stereocenters. The maximum atomic E-state index is 12.2. The average molecular weight is 445 g/mol. The summed E-state index contributed by atoms with van der Waals surface area (Å²) in [6.45, 7) is 7.81. The smallest absolute Gasteiger partial charge is 0.244 e. The first kappa shape index (κ1) is 24.3. The number of carbonyl (C=O) groups excluding carboxylic acids is 2. The van der Waals surface area contributed by atoms with E-state index in [9.17, 15) is 9.59 Å². The Morgan fingerprint density at radius 3 is 2.52 bits per heavy atom. The number of hydrogen-bond donors (Lipinski definition) is 2. The second-order valence-electron chi connectivity index (χ2n) is 7.60. The van der Waals surface area contributed by atoms with Gasteiger partial charge in [-0.25, -0.2) is 0 Å². The molecule has 0 fully saturated rings. The lowest BCUT2D eigenvalue weighted by molar-refractivity contribution is -0.119. The van der Waals surface area contributed by atoms with E-state index >= 15 is 0 Å². The zero-order valence-corrected chi connectivity index (χ0v) is 19.2. The average Bonchev–Trinajstić information content (AvgIpc) is 2.72. The van der Waals surface area contributed by atoms with Crippen LogP contribution in [0.5, 0.6) is 11.5 Å². The molecule has 0 atom stereocenters. The van der Waals surface area contributed by atoms with Crippen molar-refractivity contribution < 1.29 is 19.1 Å². The summed E-state index contributed by atoms with van der Waals surface area (Å²) in [4.78, 5) is 24.1. The molecule has 2 rings (SSSR count). The Bertz CT molecular complexity index is 955. The molecule has 0 radical (unpaired) electrons. The fourth-order valence-electron chi connectivity index (χ4n) is 2.65. The van der Waals surface area contributed by atoms with Gasteiger partial charge in [0, 0.05) is 24.2 Å². The van der Waals surface area contributed by atoms with Gasteiger partial charge in [-0.15, -0.1) is 0 Å². The van der Waals surface area contributed by atoms with Crippen LogP contribution in [0.1, 0.15) is 38.8 Å². The molecule has 31 heavy (non-hydrogen) atoms. The van der Waals surface area contributed by atoms with Crippen LogP contribution in [0.3, 0.4) is 0 Å². The van der Waals surface area contributed by atoms with Crippen LogP contribution in [-0.4, -0.2) is 25.0 Å². The van der Waals surface area contributed by atoms with Crippen molar-refractivity contribution in [1.29, 1.82) is 0 Å². The predicted molar refractivity (Wildman–Crippen MR) is 125 cm³/mol. The lowest BCUT2D eigenvalue weighted by Crippen LogP contribution is -2.21. The molecule has 0 aliphatic rings. The van der Waals surface area contributed by atoms with Crippen LogP contribution < -0.4 is 20.1 Å². The summed E-state index contributed by atoms with van der Waals surface area (Å²) in [5.74, 6) is 0.565. The predicted octanol–water partition coefficient (Wildman–Crippen LogP) is 5.06. The monoisotopic (exact) mass is 444 g/mol. The van der Waals surface area contributed by atoms with Gasteiger partial charge in [-0.05, 0) is 55.3 Å². The van der Waals surface area contributed by atoms with Gasteiger partial charge in [0.25, 0.3) is 0 Å². The number of amides is 2. The number of hydrogen-bond acceptors (Lipinski definition) is 4. The van der Waals surface area contributed by atoms with Crippen molar-refractivity contribution in [3.63, 3.8) is 0 Å². The third-order valence-corrected chi connectivity index (χ3v) is 4.50. The van der Waals surface area contributed by atoms with Gasteiger partial charge >= 0.3 is 0 Å². The number of rotatable bonds is 9. The standard InChI is InChI=1S/C24H29ClN2O4/c1-15(2)24(29)27-19-8-6-7-18(11-19)14-26-22(28)10-9-17-12-20(25)23(31-16(3)4)21(13-17)30-5/h6-13,15-16H,14H2,1-5H3,(H,26,28)(H,27,29)/b10-9+. The molecule has 0 aromatic heterocycles. The summed E-state index contributed by atoms with van der Waals surface area (Å²) < 4.78 is 11.1. The number of anilines is 1. The molecule has 0 saturated carbocycles. The Hall–Kier alpha value is -2.99. The zero-order valence-electron chi connectivity index (χ0n) is 18.5. The number of benzene rings is 2. The van der Waals surface area contributed by atoms with Gasteiger partial charge < -0.3 is 20.1 Å². The van der Waals surface area contributed by atoms with Crippen molar-refractivity contribution >= 4 is 35.2 Å². The maximum absolute atomic E-state index is 12.2. The van der Waals surface area contributed by atoms with E-state index in [1.807, 2.05) is 52.0 Å². The van der Waals surface area contributed by atoms with E-state index in [0.29, 0.717) is 34.3 Å². The first-order valence-corrected chi connectivity index (χ1v) is 10.5. The molecule has 0 aliphatic heterocycles. The molecule has 7 heteroatoms. The van der Waals surface area contributed by atoms with Crippen molar-refractivity contribution in [2.24, 2.45) is 5.92 Å². The number of nitrogens with one attached hydrogen (secondary N) is 2. The van der Waals surface area contributed by atoms with Gasteiger partial charge in [0.2, 0.25) is 11.8 Å². The topological polar surface area (TPSA) is 76.7 Å². The number of methoxy groups -OCH3 is 1. The van der Waals surface area contributed by atoms with E-state index < -0.39 is 0 Å². The molecule has 6 nitrogen and oxygen atoms in total. The van der Waals surface area contributed by atoms with Gasteiger partial charge in [-0.1, -0.05) is 37.6 Å². The highest BCUT2D eigenvalue weighted by Gasteiger charge is 2.13. The maximum Gasteiger partial charge on any atom is 0.244 e. The number of halogens is 1. The molecule has 166 valence electrons. The Balaban J connectivity index is 2.00. The second kappa shape index (κ2) is 11.4. The van der Waals surface area contributed by atoms with Crippen molar-refractivity contribution in [3.05, 3.63) is 58.6 Å². The molecule has 2 N–H and O–H groups in total. The van der Waals surface area contributed by atoms with Gasteiger partial charge in [-0.3, -0.25) is 9.59 Å². The highest BCUT2D eigenvalue weighted by Crippen LogP contribution is 2.37. The molecule has 0 heterocycles. The SMILES string of the molecule is COc1cc(/C=C/C(=O)NCc2cccc(NC(=O)C(C)C)c2)cc(Cl)c1OC(C)C. The van der Waals surface area contributed by atoms with Gasteiger partial charge in [0.15, 0.2) is 11.5 Å². The molecule has 2 amide bonds. The van der Waals surface area contributed by atoms with E-state index in [4.69, 9.17) is 21.1 Å². The van der Waals surface area contributed by atoms with E-state index in [1.165, 1.54) is 13.2 Å². The molecule has 0 aliphatic carbocycles. The Morgan fingerprint density at radius 2 is 1.87 bits per heavy atom. The second-order valence-corrected chi connectivity index (χ2v) is 8.00. The minimum atomic E-state index is -0.255. The lowest BCUT2D eigenvalue weighted by Gasteiger charge is -2.15. The molecule has 2 aromatic carbocycles. The first-order valence-electron chi connectivity index (χ1n) is 10.1. The van der Waals surface area contributed by atoms with E-state index in [1.54, 1.807) is 18.2 Å². The summed E-state index contributed by atoms with van der Waals surface area (Å²) >= 11 is 6.31. The van der Waals surface area contributed by atoms with Crippen molar-refractivity contribution in [3.8, 4) is 11.5 Å². The fraction of sp³-hybridized carbons (Fsp3) is 0.333. The van der Waals surface area contributed by atoms with Crippen molar-refractivity contribution in [2.45, 2.75) is 40.3 Å². The van der Waals surface area contributed by atoms with E-state index in [0.717, 1.165) is 5.56 Å². The highest BCUT2D eigenvalue weighted by molar-refractivity contribution is 6.32. The van der Waals surface area contributed by atoms with E-state index in [2.05, 4.69) is 10.6 Å². The minimum Gasteiger partial charge on any atom is -0.493 e. The summed E-state index contributed by atoms with van der Waals surface area (Å²) in [6, 6.07) is 10.8. The quantitative estimate of drug-likeness (QED) is 0.530. The molecular weight excluding hydrogens is 416 g/mol. The fourth-order valence-corrected chi connectivity index (χ4v) is 2.92. The van der Waals surface area contributed by atoms with Crippen LogP contribution in [0.25, 0.3) is 6.08 Å². The summed E-state index contributed by atoms with van der Waals surface area (Å²) in [6.07, 6.45) is 3.04. The number of carbonyl (C=O) groups is 2. The van der Waals surface area contributed by atoms with Gasteiger partial charge in [0.05, 0.1) is 18.2 Å².